The number of aromatic nitrogens is 2. The van der Waals surface area contributed by atoms with E-state index in [4.69, 9.17) is 4.42 Å². The third kappa shape index (κ3) is 4.72. The van der Waals surface area contributed by atoms with Crippen LogP contribution in [0.2, 0.25) is 0 Å². The molecule has 0 aliphatic heterocycles. The Morgan fingerprint density at radius 1 is 1.19 bits per heavy atom. The molecule has 0 radical (unpaired) electrons. The Kier molecular flexibility index (Phi) is 5.50. The maximum atomic E-state index is 13.3. The van der Waals surface area contributed by atoms with Gasteiger partial charge in [0, 0.05) is 30.2 Å². The van der Waals surface area contributed by atoms with Gasteiger partial charge in [-0.1, -0.05) is 18.2 Å². The summed E-state index contributed by atoms with van der Waals surface area (Å²) in [5.74, 6) is -0.477. The van der Waals surface area contributed by atoms with E-state index in [1.165, 1.54) is 6.07 Å². The Bertz CT molecular complexity index is 959. The standard InChI is InChI=1S/C18H15FN4O4/c19-14-10-9-13(11-15(14)23(25)26)20-16(24)7-4-8-17-21-22-18(27-17)12-5-2-1-3-6-12/h1-3,5-6,9-11H,4,7-8H2,(H,20,24). The van der Waals surface area contributed by atoms with Crippen LogP contribution in [0.15, 0.2) is 52.9 Å². The van der Waals surface area contributed by atoms with Gasteiger partial charge in [-0.15, -0.1) is 10.2 Å². The first-order valence-corrected chi connectivity index (χ1v) is 8.14. The van der Waals surface area contributed by atoms with Crippen LogP contribution in [0.25, 0.3) is 11.5 Å². The van der Waals surface area contributed by atoms with Gasteiger partial charge in [0.2, 0.25) is 23.5 Å². The lowest BCUT2D eigenvalue weighted by atomic mass is 10.2. The molecule has 0 fully saturated rings. The molecular formula is C18H15FN4O4. The predicted octanol–water partition coefficient (Wildman–Crippen LogP) is 3.75. The van der Waals surface area contributed by atoms with Gasteiger partial charge in [-0.3, -0.25) is 14.9 Å². The van der Waals surface area contributed by atoms with E-state index in [2.05, 4.69) is 15.5 Å². The molecule has 0 bridgehead atoms. The summed E-state index contributed by atoms with van der Waals surface area (Å²) in [6.07, 6.45) is 1.01. The van der Waals surface area contributed by atoms with Crippen LogP contribution in [0, 0.1) is 15.9 Å². The van der Waals surface area contributed by atoms with Crippen molar-refractivity contribution in [3.8, 4) is 11.5 Å². The summed E-state index contributed by atoms with van der Waals surface area (Å²) < 4.78 is 18.8. The Morgan fingerprint density at radius 3 is 2.70 bits per heavy atom. The van der Waals surface area contributed by atoms with Gasteiger partial charge < -0.3 is 9.73 Å². The highest BCUT2D eigenvalue weighted by Crippen LogP contribution is 2.22. The molecule has 0 saturated heterocycles. The number of halogens is 1. The van der Waals surface area contributed by atoms with Gasteiger partial charge in [0.25, 0.3) is 0 Å². The molecule has 1 heterocycles. The molecule has 1 N–H and O–H groups in total. The van der Waals surface area contributed by atoms with Crippen molar-refractivity contribution < 1.29 is 18.5 Å². The Balaban J connectivity index is 1.51. The fourth-order valence-corrected chi connectivity index (χ4v) is 2.41. The van der Waals surface area contributed by atoms with Crippen LogP contribution in [0.3, 0.4) is 0 Å². The molecule has 0 saturated carbocycles. The SMILES string of the molecule is O=C(CCCc1nnc(-c2ccccc2)o1)Nc1ccc(F)c([N+](=O)[O-])c1. The van der Waals surface area contributed by atoms with Crippen molar-refractivity contribution in [2.75, 3.05) is 5.32 Å². The van der Waals surface area contributed by atoms with Crippen molar-refractivity contribution in [1.29, 1.82) is 0 Å². The van der Waals surface area contributed by atoms with E-state index in [0.717, 1.165) is 17.7 Å². The number of aryl methyl sites for hydroxylation is 1. The quantitative estimate of drug-likeness (QED) is 0.501. The zero-order valence-corrected chi connectivity index (χ0v) is 14.1. The van der Waals surface area contributed by atoms with Crippen LogP contribution in [0.4, 0.5) is 15.8 Å². The molecule has 27 heavy (non-hydrogen) atoms. The molecular weight excluding hydrogens is 355 g/mol. The van der Waals surface area contributed by atoms with Crippen LogP contribution in [0.5, 0.6) is 0 Å². The third-order valence-electron chi connectivity index (χ3n) is 3.71. The van der Waals surface area contributed by atoms with Gasteiger partial charge >= 0.3 is 5.69 Å². The summed E-state index contributed by atoms with van der Waals surface area (Å²) in [5.41, 5.74) is 0.288. The first-order chi connectivity index (χ1) is 13.0. The van der Waals surface area contributed by atoms with Crippen molar-refractivity contribution in [1.82, 2.24) is 10.2 Å². The summed E-state index contributed by atoms with van der Waals surface area (Å²) in [5, 5.41) is 21.1. The Labute approximate surface area is 153 Å². The summed E-state index contributed by atoms with van der Waals surface area (Å²) in [6, 6.07) is 12.5. The van der Waals surface area contributed by atoms with E-state index in [-0.39, 0.29) is 18.0 Å². The average molecular weight is 370 g/mol. The lowest BCUT2D eigenvalue weighted by molar-refractivity contribution is -0.387. The third-order valence-corrected chi connectivity index (χ3v) is 3.71. The molecule has 0 spiro atoms. The van der Waals surface area contributed by atoms with Crippen LogP contribution in [-0.4, -0.2) is 21.0 Å². The second-order valence-corrected chi connectivity index (χ2v) is 5.69. The van der Waals surface area contributed by atoms with Crippen molar-refractivity contribution in [3.05, 3.63) is 70.4 Å². The Morgan fingerprint density at radius 2 is 1.96 bits per heavy atom. The number of nitrogens with zero attached hydrogens (tertiary/aromatic N) is 3. The van der Waals surface area contributed by atoms with E-state index in [1.54, 1.807) is 0 Å². The zero-order valence-electron chi connectivity index (χ0n) is 14.1. The lowest BCUT2D eigenvalue weighted by Gasteiger charge is -2.04. The van der Waals surface area contributed by atoms with Crippen molar-refractivity contribution in [3.63, 3.8) is 0 Å². The van der Waals surface area contributed by atoms with Crippen molar-refractivity contribution >= 4 is 17.3 Å². The number of hydrogen-bond donors (Lipinski definition) is 1. The largest absolute Gasteiger partial charge is 0.421 e. The molecule has 138 valence electrons. The minimum absolute atomic E-state index is 0.147. The summed E-state index contributed by atoms with van der Waals surface area (Å²) in [6.45, 7) is 0. The smallest absolute Gasteiger partial charge is 0.306 e. The van der Waals surface area contributed by atoms with Crippen LogP contribution in [-0.2, 0) is 11.2 Å². The molecule has 9 heteroatoms. The van der Waals surface area contributed by atoms with E-state index in [1.807, 2.05) is 30.3 Å². The number of nitrogens with one attached hydrogen (secondary N) is 1. The monoisotopic (exact) mass is 370 g/mol. The summed E-state index contributed by atoms with van der Waals surface area (Å²) in [7, 11) is 0. The van der Waals surface area contributed by atoms with Gasteiger partial charge in [0.05, 0.1) is 4.92 Å². The molecule has 3 aromatic rings. The average Bonchev–Trinajstić information content (AvgIpc) is 3.13. The first-order valence-electron chi connectivity index (χ1n) is 8.14. The van der Waals surface area contributed by atoms with E-state index in [9.17, 15) is 19.3 Å². The van der Waals surface area contributed by atoms with Crippen LogP contribution < -0.4 is 5.32 Å². The number of benzene rings is 2. The molecule has 1 aromatic heterocycles. The molecule has 2 aromatic carbocycles. The number of hydrogen-bond acceptors (Lipinski definition) is 6. The van der Waals surface area contributed by atoms with Gasteiger partial charge in [0.15, 0.2) is 0 Å². The number of nitro groups is 1. The second-order valence-electron chi connectivity index (χ2n) is 5.69. The molecule has 0 aliphatic rings. The summed E-state index contributed by atoms with van der Waals surface area (Å²) in [4.78, 5) is 21.8. The topological polar surface area (TPSA) is 111 Å². The fraction of sp³-hybridized carbons (Fsp3) is 0.167. The maximum absolute atomic E-state index is 13.3. The number of carbonyl (C=O) groups is 1. The minimum Gasteiger partial charge on any atom is -0.421 e. The lowest BCUT2D eigenvalue weighted by Crippen LogP contribution is -2.12. The number of amides is 1. The van der Waals surface area contributed by atoms with Gasteiger partial charge in [0.1, 0.15) is 0 Å². The fourth-order valence-electron chi connectivity index (χ4n) is 2.41. The van der Waals surface area contributed by atoms with Crippen LogP contribution in [0.1, 0.15) is 18.7 Å². The van der Waals surface area contributed by atoms with Crippen LogP contribution >= 0.6 is 0 Å². The first kappa shape index (κ1) is 18.2. The highest BCUT2D eigenvalue weighted by Gasteiger charge is 2.15. The van der Waals surface area contributed by atoms with Crippen molar-refractivity contribution in [2.24, 2.45) is 0 Å². The zero-order chi connectivity index (χ0) is 19.2. The number of carbonyl (C=O) groups excluding carboxylic acids is 1. The normalized spacial score (nSPS) is 10.6. The molecule has 0 atom stereocenters. The van der Waals surface area contributed by atoms with E-state index >= 15 is 0 Å². The van der Waals surface area contributed by atoms with Crippen molar-refractivity contribution in [2.45, 2.75) is 19.3 Å². The molecule has 0 unspecified atom stereocenters. The number of nitro benzene ring substituents is 1. The second kappa shape index (κ2) is 8.17. The number of rotatable bonds is 7. The Hall–Kier alpha value is -3.62. The van der Waals surface area contributed by atoms with Gasteiger partial charge in [-0.2, -0.15) is 4.39 Å². The predicted molar refractivity (Wildman–Crippen MR) is 94.4 cm³/mol. The maximum Gasteiger partial charge on any atom is 0.306 e. The highest BCUT2D eigenvalue weighted by atomic mass is 19.1. The molecule has 8 nitrogen and oxygen atoms in total. The van der Waals surface area contributed by atoms with E-state index in [0.29, 0.717) is 24.6 Å². The minimum atomic E-state index is -0.955. The molecule has 0 aliphatic carbocycles. The molecule has 1 amide bonds. The summed E-state index contributed by atoms with van der Waals surface area (Å²) >= 11 is 0. The van der Waals surface area contributed by atoms with Gasteiger partial charge in [-0.05, 0) is 30.7 Å². The highest BCUT2D eigenvalue weighted by molar-refractivity contribution is 5.91. The van der Waals surface area contributed by atoms with Gasteiger partial charge in [-0.25, -0.2) is 0 Å². The number of anilines is 1. The molecule has 3 rings (SSSR count). The van der Waals surface area contributed by atoms with E-state index < -0.39 is 16.4 Å².